The zero-order valence-electron chi connectivity index (χ0n) is 15.5. The molecule has 1 spiro atoms. The standard InChI is InChI=1S/C20H28N4O2/c1-2-22-11-13-23(14-12-22)15-18(25)24-17-8-4-3-7-16(17)21-19(26)20(24)9-5-6-10-20/h3-4,7-8H,2,5-6,9-15H2,1H3,(H,21,26). The number of rotatable bonds is 3. The molecule has 0 bridgehead atoms. The molecule has 6 nitrogen and oxygen atoms in total. The minimum Gasteiger partial charge on any atom is -0.322 e. The summed E-state index contributed by atoms with van der Waals surface area (Å²) in [5.74, 6) is 0.0389. The smallest absolute Gasteiger partial charge is 0.250 e. The molecule has 2 amide bonds. The van der Waals surface area contributed by atoms with Gasteiger partial charge in [0.05, 0.1) is 17.9 Å². The van der Waals surface area contributed by atoms with Crippen LogP contribution in [0, 0.1) is 0 Å². The van der Waals surface area contributed by atoms with Crippen molar-refractivity contribution < 1.29 is 9.59 Å². The van der Waals surface area contributed by atoms with Gasteiger partial charge in [0.25, 0.3) is 5.91 Å². The van der Waals surface area contributed by atoms with Crippen molar-refractivity contribution in [1.82, 2.24) is 9.80 Å². The molecule has 2 fully saturated rings. The molecular weight excluding hydrogens is 328 g/mol. The number of piperazine rings is 1. The third kappa shape index (κ3) is 2.91. The molecular formula is C20H28N4O2. The number of hydrogen-bond donors (Lipinski definition) is 1. The fraction of sp³-hybridized carbons (Fsp3) is 0.600. The van der Waals surface area contributed by atoms with E-state index in [1.165, 1.54) is 0 Å². The number of fused-ring (bicyclic) bond motifs is 1. The van der Waals surface area contributed by atoms with E-state index < -0.39 is 5.54 Å². The lowest BCUT2D eigenvalue weighted by molar-refractivity contribution is -0.128. The van der Waals surface area contributed by atoms with Crippen LogP contribution in [-0.4, -0.2) is 66.4 Å². The first-order chi connectivity index (χ1) is 12.6. The molecule has 1 saturated carbocycles. The van der Waals surface area contributed by atoms with Gasteiger partial charge in [0, 0.05) is 26.2 Å². The van der Waals surface area contributed by atoms with Gasteiger partial charge >= 0.3 is 0 Å². The molecule has 1 aliphatic carbocycles. The van der Waals surface area contributed by atoms with E-state index in [-0.39, 0.29) is 11.8 Å². The highest BCUT2D eigenvalue weighted by molar-refractivity contribution is 6.15. The predicted molar refractivity (Wildman–Crippen MR) is 102 cm³/mol. The number of benzene rings is 1. The highest BCUT2D eigenvalue weighted by Gasteiger charge is 2.52. The molecule has 1 saturated heterocycles. The van der Waals surface area contributed by atoms with E-state index in [2.05, 4.69) is 22.0 Å². The Morgan fingerprint density at radius 1 is 1.08 bits per heavy atom. The SMILES string of the molecule is CCN1CCN(CC(=O)N2c3ccccc3NC(=O)C23CCCC3)CC1. The lowest BCUT2D eigenvalue weighted by atomic mass is 9.89. The minimum atomic E-state index is -0.698. The summed E-state index contributed by atoms with van der Waals surface area (Å²) < 4.78 is 0. The molecule has 140 valence electrons. The molecule has 6 heteroatoms. The number of amides is 2. The Labute approximate surface area is 155 Å². The van der Waals surface area contributed by atoms with E-state index >= 15 is 0 Å². The van der Waals surface area contributed by atoms with E-state index in [4.69, 9.17) is 0 Å². The molecule has 2 heterocycles. The van der Waals surface area contributed by atoms with Crippen LogP contribution in [0.4, 0.5) is 11.4 Å². The maximum atomic E-state index is 13.4. The van der Waals surface area contributed by atoms with Gasteiger partial charge in [-0.1, -0.05) is 31.9 Å². The van der Waals surface area contributed by atoms with Crippen LogP contribution in [-0.2, 0) is 9.59 Å². The van der Waals surface area contributed by atoms with Gasteiger partial charge < -0.3 is 10.2 Å². The van der Waals surface area contributed by atoms with Gasteiger partial charge in [0.1, 0.15) is 5.54 Å². The van der Waals surface area contributed by atoms with Crippen LogP contribution in [0.25, 0.3) is 0 Å². The minimum absolute atomic E-state index is 0.0159. The van der Waals surface area contributed by atoms with Crippen LogP contribution >= 0.6 is 0 Å². The molecule has 0 radical (unpaired) electrons. The zero-order valence-corrected chi connectivity index (χ0v) is 15.5. The van der Waals surface area contributed by atoms with Crippen molar-refractivity contribution in [3.05, 3.63) is 24.3 Å². The summed E-state index contributed by atoms with van der Waals surface area (Å²) in [6.07, 6.45) is 3.49. The molecule has 2 aliphatic heterocycles. The van der Waals surface area contributed by atoms with E-state index in [0.29, 0.717) is 6.54 Å². The first-order valence-corrected chi connectivity index (χ1v) is 9.82. The Bertz CT molecular complexity index is 691. The second-order valence-corrected chi connectivity index (χ2v) is 7.65. The average Bonchev–Trinajstić information content (AvgIpc) is 3.14. The van der Waals surface area contributed by atoms with Crippen LogP contribution in [0.5, 0.6) is 0 Å². The molecule has 3 aliphatic rings. The van der Waals surface area contributed by atoms with Crippen LogP contribution < -0.4 is 10.2 Å². The van der Waals surface area contributed by atoms with Gasteiger partial charge in [0.15, 0.2) is 0 Å². The Morgan fingerprint density at radius 2 is 1.73 bits per heavy atom. The Kier molecular flexibility index (Phi) is 4.71. The highest BCUT2D eigenvalue weighted by Crippen LogP contribution is 2.45. The molecule has 4 rings (SSSR count). The molecule has 26 heavy (non-hydrogen) atoms. The number of nitrogens with one attached hydrogen (secondary N) is 1. The van der Waals surface area contributed by atoms with Gasteiger partial charge in [-0.25, -0.2) is 0 Å². The number of nitrogens with zero attached hydrogens (tertiary/aromatic N) is 3. The van der Waals surface area contributed by atoms with Crippen molar-refractivity contribution in [2.24, 2.45) is 0 Å². The lowest BCUT2D eigenvalue weighted by Gasteiger charge is -2.45. The van der Waals surface area contributed by atoms with Crippen molar-refractivity contribution in [3.8, 4) is 0 Å². The molecule has 1 aromatic carbocycles. The van der Waals surface area contributed by atoms with Crippen LogP contribution in [0.2, 0.25) is 0 Å². The fourth-order valence-corrected chi connectivity index (χ4v) is 4.65. The quantitative estimate of drug-likeness (QED) is 0.899. The number of carbonyl (C=O) groups excluding carboxylic acids is 2. The van der Waals surface area contributed by atoms with Gasteiger partial charge in [-0.2, -0.15) is 0 Å². The van der Waals surface area contributed by atoms with E-state index in [0.717, 1.165) is 69.8 Å². The van der Waals surface area contributed by atoms with Gasteiger partial charge in [0.2, 0.25) is 5.91 Å². The van der Waals surface area contributed by atoms with Gasteiger partial charge in [-0.3, -0.25) is 19.4 Å². The summed E-state index contributed by atoms with van der Waals surface area (Å²) in [6.45, 7) is 7.46. The molecule has 1 aromatic rings. The van der Waals surface area contributed by atoms with E-state index in [1.807, 2.05) is 29.2 Å². The topological polar surface area (TPSA) is 55.9 Å². The normalized spacial score (nSPS) is 23.1. The third-order valence-corrected chi connectivity index (χ3v) is 6.19. The Morgan fingerprint density at radius 3 is 2.42 bits per heavy atom. The van der Waals surface area contributed by atoms with Crippen molar-refractivity contribution in [1.29, 1.82) is 0 Å². The zero-order chi connectivity index (χ0) is 18.1. The van der Waals surface area contributed by atoms with Crippen LogP contribution in [0.1, 0.15) is 32.6 Å². The van der Waals surface area contributed by atoms with E-state index in [1.54, 1.807) is 0 Å². The third-order valence-electron chi connectivity index (χ3n) is 6.19. The summed E-state index contributed by atoms with van der Waals surface area (Å²) in [7, 11) is 0. The van der Waals surface area contributed by atoms with E-state index in [9.17, 15) is 9.59 Å². The number of carbonyl (C=O) groups is 2. The number of anilines is 2. The van der Waals surface area contributed by atoms with Crippen LogP contribution in [0.15, 0.2) is 24.3 Å². The highest BCUT2D eigenvalue weighted by atomic mass is 16.2. The lowest BCUT2D eigenvalue weighted by Crippen LogP contribution is -2.62. The number of likely N-dealkylation sites (N-methyl/N-ethyl adjacent to an activating group) is 1. The maximum absolute atomic E-state index is 13.4. The number of para-hydroxylation sites is 2. The Balaban J connectivity index is 1.59. The first kappa shape index (κ1) is 17.5. The summed E-state index contributed by atoms with van der Waals surface area (Å²) in [4.78, 5) is 32.8. The number of hydrogen-bond acceptors (Lipinski definition) is 4. The second-order valence-electron chi connectivity index (χ2n) is 7.65. The largest absolute Gasteiger partial charge is 0.322 e. The van der Waals surface area contributed by atoms with Crippen molar-refractivity contribution >= 4 is 23.2 Å². The fourth-order valence-electron chi connectivity index (χ4n) is 4.65. The molecule has 0 unspecified atom stereocenters. The van der Waals surface area contributed by atoms with Crippen LogP contribution in [0.3, 0.4) is 0 Å². The Hall–Kier alpha value is -1.92. The molecule has 0 aromatic heterocycles. The van der Waals surface area contributed by atoms with Crippen molar-refractivity contribution in [2.75, 3.05) is 49.5 Å². The molecule has 0 atom stereocenters. The second kappa shape index (κ2) is 7.00. The van der Waals surface area contributed by atoms with Gasteiger partial charge in [-0.05, 0) is 31.5 Å². The summed E-state index contributed by atoms with van der Waals surface area (Å²) in [6, 6.07) is 7.69. The van der Waals surface area contributed by atoms with Crippen molar-refractivity contribution in [3.63, 3.8) is 0 Å². The monoisotopic (exact) mass is 356 g/mol. The predicted octanol–water partition coefficient (Wildman–Crippen LogP) is 1.92. The van der Waals surface area contributed by atoms with Crippen molar-refractivity contribution in [2.45, 2.75) is 38.1 Å². The molecule has 1 N–H and O–H groups in total. The summed E-state index contributed by atoms with van der Waals surface area (Å²) >= 11 is 0. The first-order valence-electron chi connectivity index (χ1n) is 9.82. The summed E-state index contributed by atoms with van der Waals surface area (Å²) in [5.41, 5.74) is 0.904. The summed E-state index contributed by atoms with van der Waals surface area (Å²) in [5, 5.41) is 3.04. The average molecular weight is 356 g/mol. The van der Waals surface area contributed by atoms with Gasteiger partial charge in [-0.15, -0.1) is 0 Å². The maximum Gasteiger partial charge on any atom is 0.250 e.